The molecule has 0 saturated carbocycles. The Morgan fingerprint density at radius 2 is 1.85 bits per heavy atom. The van der Waals surface area contributed by atoms with Gasteiger partial charge in [0.15, 0.2) is 5.69 Å². The first-order valence-electron chi connectivity index (χ1n) is 8.27. The van der Waals surface area contributed by atoms with Crippen molar-refractivity contribution in [3.05, 3.63) is 51.8 Å². The highest BCUT2D eigenvalue weighted by molar-refractivity contribution is 7.16. The number of fused-ring (bicyclic) bond motifs is 1. The van der Waals surface area contributed by atoms with Crippen molar-refractivity contribution in [2.75, 3.05) is 18.5 Å². The van der Waals surface area contributed by atoms with Gasteiger partial charge in [-0.3, -0.25) is 10.1 Å². The van der Waals surface area contributed by atoms with Crippen molar-refractivity contribution in [3.63, 3.8) is 0 Å². The van der Waals surface area contributed by atoms with E-state index in [0.29, 0.717) is 11.1 Å². The van der Waals surface area contributed by atoms with Crippen molar-refractivity contribution >= 4 is 39.2 Å². The van der Waals surface area contributed by atoms with Gasteiger partial charge in [0.2, 0.25) is 0 Å². The summed E-state index contributed by atoms with van der Waals surface area (Å²) in [5.41, 5.74) is 0.0315. The molecule has 0 atom stereocenters. The molecule has 9 heteroatoms. The predicted molar refractivity (Wildman–Crippen MR) is 102 cm³/mol. The first-order valence-corrected chi connectivity index (χ1v) is 9.15. The minimum atomic E-state index is -0.679. The van der Waals surface area contributed by atoms with Gasteiger partial charge in [0, 0.05) is 10.8 Å². The molecule has 0 aliphatic heterocycles. The maximum absolute atomic E-state index is 13.0. The molecule has 8 nitrogen and oxygen atoms in total. The molecule has 1 N–H and O–H groups in total. The summed E-state index contributed by atoms with van der Waals surface area (Å²) >= 11 is 1.11. The Labute approximate surface area is 158 Å². The summed E-state index contributed by atoms with van der Waals surface area (Å²) < 4.78 is 11.1. The van der Waals surface area contributed by atoms with Crippen LogP contribution < -0.4 is 10.9 Å². The van der Waals surface area contributed by atoms with Crippen LogP contribution in [0.25, 0.3) is 16.5 Å². The number of para-hydroxylation sites is 1. The largest absolute Gasteiger partial charge is 0.461 e. The molecular formula is C18H17N3O5S. The third-order valence-electron chi connectivity index (χ3n) is 3.61. The third kappa shape index (κ3) is 3.68. The first kappa shape index (κ1) is 18.6. The van der Waals surface area contributed by atoms with Crippen LogP contribution in [0, 0.1) is 0 Å². The van der Waals surface area contributed by atoms with E-state index in [1.807, 2.05) is 0 Å². The van der Waals surface area contributed by atoms with Crippen LogP contribution in [0.4, 0.5) is 9.80 Å². The standard InChI is InChI=1S/C18H17N3O5S/c1-3-25-17(23)14-12-10-27-15(19-18(24)26-4-2)13(12)16(22)21(20-14)11-8-6-5-7-9-11/h5-10H,3-4H2,1-2H3,(H,19,24). The lowest BCUT2D eigenvalue weighted by Crippen LogP contribution is -2.25. The second-order valence-electron chi connectivity index (χ2n) is 5.32. The van der Waals surface area contributed by atoms with Gasteiger partial charge in [-0.1, -0.05) is 18.2 Å². The van der Waals surface area contributed by atoms with Crippen molar-refractivity contribution in [3.8, 4) is 5.69 Å². The van der Waals surface area contributed by atoms with Crippen molar-refractivity contribution in [1.82, 2.24) is 9.78 Å². The molecule has 0 bridgehead atoms. The smallest absolute Gasteiger partial charge is 0.412 e. The summed E-state index contributed by atoms with van der Waals surface area (Å²) in [6.07, 6.45) is -0.679. The van der Waals surface area contributed by atoms with Gasteiger partial charge in [0.1, 0.15) is 5.00 Å². The van der Waals surface area contributed by atoms with Gasteiger partial charge in [-0.05, 0) is 26.0 Å². The molecule has 3 rings (SSSR count). The second-order valence-corrected chi connectivity index (χ2v) is 6.20. The van der Waals surface area contributed by atoms with Gasteiger partial charge in [0.25, 0.3) is 5.56 Å². The van der Waals surface area contributed by atoms with E-state index >= 15 is 0 Å². The number of hydrogen-bond donors (Lipinski definition) is 1. The second kappa shape index (κ2) is 8.00. The molecule has 1 aromatic carbocycles. The number of rotatable bonds is 5. The minimum Gasteiger partial charge on any atom is -0.461 e. The Morgan fingerprint density at radius 1 is 1.15 bits per heavy atom. The van der Waals surface area contributed by atoms with Crippen LogP contribution in [0.3, 0.4) is 0 Å². The van der Waals surface area contributed by atoms with E-state index in [1.54, 1.807) is 49.6 Å². The zero-order valence-electron chi connectivity index (χ0n) is 14.7. The molecule has 0 saturated heterocycles. The van der Waals surface area contributed by atoms with Gasteiger partial charge in [-0.15, -0.1) is 11.3 Å². The highest BCUT2D eigenvalue weighted by atomic mass is 32.1. The van der Waals surface area contributed by atoms with E-state index < -0.39 is 17.6 Å². The van der Waals surface area contributed by atoms with Crippen molar-refractivity contribution in [2.24, 2.45) is 0 Å². The monoisotopic (exact) mass is 387 g/mol. The molecule has 0 aliphatic rings. The van der Waals surface area contributed by atoms with E-state index in [2.05, 4.69) is 10.4 Å². The fourth-order valence-corrected chi connectivity index (χ4v) is 3.42. The Bertz CT molecular complexity index is 1040. The molecule has 0 aliphatic carbocycles. The molecule has 1 amide bonds. The zero-order chi connectivity index (χ0) is 19.4. The van der Waals surface area contributed by atoms with Crippen LogP contribution in [0.15, 0.2) is 40.5 Å². The number of nitrogens with zero attached hydrogens (tertiary/aromatic N) is 2. The van der Waals surface area contributed by atoms with Crippen LogP contribution in [-0.2, 0) is 9.47 Å². The first-order chi connectivity index (χ1) is 13.1. The Hall–Kier alpha value is -3.20. The molecule has 2 heterocycles. The molecule has 0 fully saturated rings. The normalized spacial score (nSPS) is 10.6. The Kier molecular flexibility index (Phi) is 5.51. The van der Waals surface area contributed by atoms with Crippen LogP contribution in [0.5, 0.6) is 0 Å². The van der Waals surface area contributed by atoms with Crippen LogP contribution in [0.2, 0.25) is 0 Å². The Morgan fingerprint density at radius 3 is 2.52 bits per heavy atom. The summed E-state index contributed by atoms with van der Waals surface area (Å²) in [4.78, 5) is 37.2. The van der Waals surface area contributed by atoms with Crippen molar-refractivity contribution in [1.29, 1.82) is 0 Å². The molecule has 2 aromatic heterocycles. The van der Waals surface area contributed by atoms with Crippen LogP contribution >= 0.6 is 11.3 Å². The molecule has 0 unspecified atom stereocenters. The topological polar surface area (TPSA) is 99.5 Å². The van der Waals surface area contributed by atoms with E-state index in [0.717, 1.165) is 16.0 Å². The lowest BCUT2D eigenvalue weighted by atomic mass is 10.2. The summed E-state index contributed by atoms with van der Waals surface area (Å²) in [6, 6.07) is 8.70. The highest BCUT2D eigenvalue weighted by Crippen LogP contribution is 2.30. The van der Waals surface area contributed by atoms with Gasteiger partial charge in [-0.25, -0.2) is 9.59 Å². The highest BCUT2D eigenvalue weighted by Gasteiger charge is 2.23. The average Bonchev–Trinajstić information content (AvgIpc) is 3.07. The van der Waals surface area contributed by atoms with Crippen molar-refractivity contribution < 1.29 is 19.1 Å². The minimum absolute atomic E-state index is 0.00321. The van der Waals surface area contributed by atoms with E-state index in [9.17, 15) is 14.4 Å². The number of ether oxygens (including phenoxy) is 2. The number of esters is 1. The number of carbonyl (C=O) groups excluding carboxylic acids is 2. The Balaban J connectivity index is 2.24. The van der Waals surface area contributed by atoms with Gasteiger partial charge >= 0.3 is 12.1 Å². The zero-order valence-corrected chi connectivity index (χ0v) is 15.5. The van der Waals surface area contributed by atoms with E-state index in [-0.39, 0.29) is 29.3 Å². The van der Waals surface area contributed by atoms with E-state index in [4.69, 9.17) is 9.47 Å². The number of anilines is 1. The van der Waals surface area contributed by atoms with Crippen molar-refractivity contribution in [2.45, 2.75) is 13.8 Å². The number of amides is 1. The van der Waals surface area contributed by atoms with Gasteiger partial charge in [-0.2, -0.15) is 9.78 Å². The number of hydrogen-bond acceptors (Lipinski definition) is 7. The lowest BCUT2D eigenvalue weighted by molar-refractivity contribution is 0.0520. The maximum atomic E-state index is 13.0. The summed E-state index contributed by atoms with van der Waals surface area (Å²) in [5.74, 6) is -0.646. The number of aromatic nitrogens is 2. The number of carbonyl (C=O) groups is 2. The predicted octanol–water partition coefficient (Wildman–Crippen LogP) is 3.19. The third-order valence-corrected chi connectivity index (χ3v) is 4.51. The quantitative estimate of drug-likeness (QED) is 0.675. The fraction of sp³-hybridized carbons (Fsp3) is 0.222. The lowest BCUT2D eigenvalue weighted by Gasteiger charge is -2.09. The molecule has 140 valence electrons. The van der Waals surface area contributed by atoms with Gasteiger partial charge < -0.3 is 9.47 Å². The molecule has 0 spiro atoms. The molecular weight excluding hydrogens is 370 g/mol. The number of thiophene rings is 1. The summed E-state index contributed by atoms with van der Waals surface area (Å²) in [7, 11) is 0. The van der Waals surface area contributed by atoms with Crippen LogP contribution in [0.1, 0.15) is 24.3 Å². The van der Waals surface area contributed by atoms with Crippen LogP contribution in [-0.4, -0.2) is 35.1 Å². The molecule has 0 radical (unpaired) electrons. The molecule has 3 aromatic rings. The number of nitrogens with one attached hydrogen (secondary N) is 1. The SMILES string of the molecule is CCOC(=O)Nc1scc2c(C(=O)OCC)nn(-c3ccccc3)c(=O)c12. The summed E-state index contributed by atoms with van der Waals surface area (Å²) in [6.45, 7) is 3.73. The average molecular weight is 387 g/mol. The molecule has 27 heavy (non-hydrogen) atoms. The fourth-order valence-electron chi connectivity index (χ4n) is 2.50. The summed E-state index contributed by atoms with van der Waals surface area (Å²) in [5, 5.41) is 9.13. The van der Waals surface area contributed by atoms with E-state index in [1.165, 1.54) is 0 Å². The van der Waals surface area contributed by atoms with Gasteiger partial charge in [0.05, 0.1) is 24.3 Å². The maximum Gasteiger partial charge on any atom is 0.412 e. The number of benzene rings is 1.